The number of likely N-dealkylation sites (tertiary alicyclic amines) is 1. The van der Waals surface area contributed by atoms with Crippen LogP contribution in [0.25, 0.3) is 10.2 Å². The third-order valence-electron chi connectivity index (χ3n) is 4.03. The molecule has 1 aliphatic heterocycles. The maximum absolute atomic E-state index is 12.5. The molecule has 6 heteroatoms. The number of carbonyl (C=O) groups is 2. The summed E-state index contributed by atoms with van der Waals surface area (Å²) >= 11 is 1.61. The van der Waals surface area contributed by atoms with Crippen molar-refractivity contribution in [1.82, 2.24) is 14.8 Å². The van der Waals surface area contributed by atoms with E-state index in [0.717, 1.165) is 15.2 Å². The van der Waals surface area contributed by atoms with E-state index in [1.165, 1.54) is 0 Å². The molecule has 3 rings (SSSR count). The van der Waals surface area contributed by atoms with Crippen molar-refractivity contribution in [2.24, 2.45) is 5.92 Å². The summed E-state index contributed by atoms with van der Waals surface area (Å²) in [5, 5.41) is 0.925. The van der Waals surface area contributed by atoms with E-state index >= 15 is 0 Å². The topological polar surface area (TPSA) is 53.5 Å². The number of aromatic nitrogens is 1. The first kappa shape index (κ1) is 15.0. The number of hydrogen-bond donors (Lipinski definition) is 0. The minimum atomic E-state index is -0.216. The van der Waals surface area contributed by atoms with Crippen LogP contribution in [0.2, 0.25) is 0 Å². The Hall–Kier alpha value is -1.95. The van der Waals surface area contributed by atoms with Crippen molar-refractivity contribution in [3.05, 3.63) is 29.3 Å². The van der Waals surface area contributed by atoms with Crippen molar-refractivity contribution < 1.29 is 9.59 Å². The Labute approximate surface area is 133 Å². The number of hydrogen-bond acceptors (Lipinski definition) is 4. The van der Waals surface area contributed by atoms with Gasteiger partial charge in [0.15, 0.2) is 0 Å². The van der Waals surface area contributed by atoms with Gasteiger partial charge >= 0.3 is 0 Å². The molecule has 0 bridgehead atoms. The van der Waals surface area contributed by atoms with Crippen LogP contribution < -0.4 is 0 Å². The zero-order valence-electron chi connectivity index (χ0n) is 12.8. The second-order valence-electron chi connectivity index (χ2n) is 5.60. The van der Waals surface area contributed by atoms with Gasteiger partial charge < -0.3 is 9.80 Å². The van der Waals surface area contributed by atoms with Crippen LogP contribution in [0.5, 0.6) is 0 Å². The van der Waals surface area contributed by atoms with E-state index in [0.29, 0.717) is 26.1 Å². The summed E-state index contributed by atoms with van der Waals surface area (Å²) in [4.78, 5) is 32.2. The van der Waals surface area contributed by atoms with Gasteiger partial charge in [-0.3, -0.25) is 9.59 Å². The number of carbonyl (C=O) groups excluding carboxylic acids is 2. The molecular weight excluding hydrogens is 298 g/mol. The summed E-state index contributed by atoms with van der Waals surface area (Å²) in [6, 6.07) is 7.96. The van der Waals surface area contributed by atoms with Crippen LogP contribution in [-0.4, -0.2) is 46.7 Å². The van der Waals surface area contributed by atoms with Crippen LogP contribution in [0.4, 0.5) is 0 Å². The van der Waals surface area contributed by atoms with E-state index in [4.69, 9.17) is 0 Å². The SMILES string of the molecule is CCN1CC(C(=O)N(C)Cc2nc3ccccc3s2)CC1=O. The molecule has 0 saturated carbocycles. The highest BCUT2D eigenvalue weighted by Gasteiger charge is 2.34. The quantitative estimate of drug-likeness (QED) is 0.868. The second kappa shape index (κ2) is 6.04. The predicted octanol–water partition coefficient (Wildman–Crippen LogP) is 2.12. The Morgan fingerprint density at radius 2 is 2.23 bits per heavy atom. The van der Waals surface area contributed by atoms with Crippen LogP contribution in [0, 0.1) is 5.92 Å². The predicted molar refractivity (Wildman–Crippen MR) is 86.5 cm³/mol. The fourth-order valence-corrected chi connectivity index (χ4v) is 3.84. The molecule has 22 heavy (non-hydrogen) atoms. The molecule has 1 fully saturated rings. The van der Waals surface area contributed by atoms with E-state index in [1.54, 1.807) is 28.2 Å². The average molecular weight is 317 g/mol. The highest BCUT2D eigenvalue weighted by atomic mass is 32.1. The van der Waals surface area contributed by atoms with E-state index < -0.39 is 0 Å². The normalized spacial score (nSPS) is 18.2. The van der Waals surface area contributed by atoms with Gasteiger partial charge in [0.1, 0.15) is 5.01 Å². The molecule has 0 radical (unpaired) electrons. The van der Waals surface area contributed by atoms with Gasteiger partial charge in [-0.2, -0.15) is 0 Å². The van der Waals surface area contributed by atoms with Crippen LogP contribution in [0.15, 0.2) is 24.3 Å². The number of benzene rings is 1. The van der Waals surface area contributed by atoms with Gasteiger partial charge in [-0.25, -0.2) is 4.98 Å². The smallest absolute Gasteiger partial charge is 0.228 e. The van der Waals surface area contributed by atoms with Crippen molar-refractivity contribution in [1.29, 1.82) is 0 Å². The average Bonchev–Trinajstić information content (AvgIpc) is 3.08. The van der Waals surface area contributed by atoms with E-state index in [-0.39, 0.29) is 17.7 Å². The molecule has 2 amide bonds. The number of rotatable bonds is 4. The molecule has 1 unspecified atom stereocenters. The van der Waals surface area contributed by atoms with Gasteiger partial charge in [-0.1, -0.05) is 12.1 Å². The highest BCUT2D eigenvalue weighted by molar-refractivity contribution is 7.18. The number of thiazole rings is 1. The first-order chi connectivity index (χ1) is 10.6. The van der Waals surface area contributed by atoms with Crippen molar-refractivity contribution in [2.45, 2.75) is 19.9 Å². The van der Waals surface area contributed by atoms with E-state index in [1.807, 2.05) is 31.2 Å². The summed E-state index contributed by atoms with van der Waals surface area (Å²) < 4.78 is 1.13. The fraction of sp³-hybridized carbons (Fsp3) is 0.438. The fourth-order valence-electron chi connectivity index (χ4n) is 2.82. The van der Waals surface area contributed by atoms with Crippen LogP contribution in [-0.2, 0) is 16.1 Å². The van der Waals surface area contributed by atoms with Gasteiger partial charge in [0.05, 0.1) is 22.7 Å². The Kier molecular flexibility index (Phi) is 4.11. The van der Waals surface area contributed by atoms with Crippen LogP contribution >= 0.6 is 11.3 Å². The first-order valence-corrected chi connectivity index (χ1v) is 8.27. The molecule has 0 aliphatic carbocycles. The summed E-state index contributed by atoms with van der Waals surface area (Å²) in [6.45, 7) is 3.65. The lowest BCUT2D eigenvalue weighted by molar-refractivity contribution is -0.135. The molecule has 2 aromatic rings. The molecule has 116 valence electrons. The minimum Gasteiger partial charge on any atom is -0.342 e. The number of fused-ring (bicyclic) bond motifs is 1. The maximum Gasteiger partial charge on any atom is 0.228 e. The third-order valence-corrected chi connectivity index (χ3v) is 5.05. The van der Waals surface area contributed by atoms with E-state index in [9.17, 15) is 9.59 Å². The van der Waals surface area contributed by atoms with Gasteiger partial charge in [0.2, 0.25) is 11.8 Å². The lowest BCUT2D eigenvalue weighted by atomic mass is 10.1. The van der Waals surface area contributed by atoms with Gasteiger partial charge in [0, 0.05) is 26.6 Å². The lowest BCUT2D eigenvalue weighted by Crippen LogP contribution is -2.34. The van der Waals surface area contributed by atoms with Crippen molar-refractivity contribution in [3.8, 4) is 0 Å². The Morgan fingerprint density at radius 1 is 1.45 bits per heavy atom. The lowest BCUT2D eigenvalue weighted by Gasteiger charge is -2.20. The van der Waals surface area contributed by atoms with Crippen molar-refractivity contribution >= 4 is 33.4 Å². The van der Waals surface area contributed by atoms with Gasteiger partial charge in [-0.15, -0.1) is 11.3 Å². The summed E-state index contributed by atoms with van der Waals surface area (Å²) in [7, 11) is 1.79. The Bertz CT molecular complexity index is 679. The molecule has 1 atom stereocenters. The zero-order valence-corrected chi connectivity index (χ0v) is 13.6. The molecular formula is C16H19N3O2S. The second-order valence-corrected chi connectivity index (χ2v) is 6.72. The van der Waals surface area contributed by atoms with Crippen LogP contribution in [0.3, 0.4) is 0 Å². The van der Waals surface area contributed by atoms with E-state index in [2.05, 4.69) is 4.98 Å². The largest absolute Gasteiger partial charge is 0.342 e. The number of nitrogens with zero attached hydrogens (tertiary/aromatic N) is 3. The van der Waals surface area contributed by atoms with Crippen molar-refractivity contribution in [2.75, 3.05) is 20.1 Å². The molecule has 5 nitrogen and oxygen atoms in total. The molecule has 1 aromatic heterocycles. The zero-order chi connectivity index (χ0) is 15.7. The first-order valence-electron chi connectivity index (χ1n) is 7.45. The number of amides is 2. The molecule has 1 aromatic carbocycles. The summed E-state index contributed by atoms with van der Waals surface area (Å²) in [5.41, 5.74) is 0.969. The number of para-hydroxylation sites is 1. The van der Waals surface area contributed by atoms with Crippen molar-refractivity contribution in [3.63, 3.8) is 0 Å². The minimum absolute atomic E-state index is 0.0311. The Balaban J connectivity index is 1.67. The highest BCUT2D eigenvalue weighted by Crippen LogP contribution is 2.24. The molecule has 1 aliphatic rings. The molecule has 0 N–H and O–H groups in total. The molecule has 0 spiro atoms. The van der Waals surface area contributed by atoms with Crippen LogP contribution in [0.1, 0.15) is 18.4 Å². The summed E-state index contributed by atoms with van der Waals surface area (Å²) in [6.07, 6.45) is 0.330. The standard InChI is InChI=1S/C16H19N3O2S/c1-3-19-9-11(8-15(19)20)16(21)18(2)10-14-17-12-6-4-5-7-13(12)22-14/h4-7,11H,3,8-10H2,1-2H3. The maximum atomic E-state index is 12.5. The monoisotopic (exact) mass is 317 g/mol. The molecule has 1 saturated heterocycles. The third kappa shape index (κ3) is 2.83. The Morgan fingerprint density at radius 3 is 2.91 bits per heavy atom. The van der Waals surface area contributed by atoms with Gasteiger partial charge in [0.25, 0.3) is 0 Å². The molecule has 2 heterocycles. The summed E-state index contributed by atoms with van der Waals surface area (Å²) in [5.74, 6) is -0.107. The van der Waals surface area contributed by atoms with Gasteiger partial charge in [-0.05, 0) is 19.1 Å².